The van der Waals surface area contributed by atoms with E-state index < -0.39 is 26.5 Å². The molecule has 2 aromatic carbocycles. The smallest absolute Gasteiger partial charge is 0.233 e. The molecule has 2 rings (SSSR count). The van der Waals surface area contributed by atoms with Crippen LogP contribution in [-0.2, 0) is 28.6 Å². The lowest BCUT2D eigenvalue weighted by Gasteiger charge is -2.18. The van der Waals surface area contributed by atoms with Gasteiger partial charge in [0.05, 0.1) is 9.79 Å². The highest BCUT2D eigenvalue weighted by Gasteiger charge is 2.28. The molecule has 0 heterocycles. The standard InChI is InChI=1S/C22H30O6S2/c1-4-5-6-7-8-9-22(27-29(23,24)20-14-10-18(2)11-15-20)28-30(25,26)21-16-12-19(3)13-17-21/h10-17,22H,4-9H2,1-3H3. The lowest BCUT2D eigenvalue weighted by atomic mass is 10.1. The van der Waals surface area contributed by atoms with E-state index in [0.717, 1.165) is 36.8 Å². The van der Waals surface area contributed by atoms with Crippen molar-refractivity contribution in [2.75, 3.05) is 0 Å². The molecule has 0 radical (unpaired) electrons. The third kappa shape index (κ3) is 7.50. The van der Waals surface area contributed by atoms with Gasteiger partial charge >= 0.3 is 0 Å². The van der Waals surface area contributed by atoms with E-state index in [-0.39, 0.29) is 16.2 Å². The quantitative estimate of drug-likeness (QED) is 0.252. The Bertz CT molecular complexity index is 917. The van der Waals surface area contributed by atoms with Crippen molar-refractivity contribution in [2.45, 2.75) is 75.4 Å². The van der Waals surface area contributed by atoms with Gasteiger partial charge in [0.1, 0.15) is 0 Å². The van der Waals surface area contributed by atoms with Crippen LogP contribution in [0, 0.1) is 13.8 Å². The first-order valence-corrected chi connectivity index (χ1v) is 13.0. The number of benzene rings is 2. The van der Waals surface area contributed by atoms with Gasteiger partial charge in [-0.2, -0.15) is 16.8 Å². The molecule has 0 bridgehead atoms. The molecule has 0 spiro atoms. The molecule has 0 amide bonds. The summed E-state index contributed by atoms with van der Waals surface area (Å²) in [5, 5.41) is 0. The summed E-state index contributed by atoms with van der Waals surface area (Å²) in [6.45, 7) is 5.78. The summed E-state index contributed by atoms with van der Waals surface area (Å²) in [5.41, 5.74) is 1.80. The predicted molar refractivity (Wildman–Crippen MR) is 116 cm³/mol. The maximum atomic E-state index is 12.7. The Hall–Kier alpha value is -1.74. The van der Waals surface area contributed by atoms with Crippen LogP contribution >= 0.6 is 0 Å². The van der Waals surface area contributed by atoms with Crippen LogP contribution in [0.4, 0.5) is 0 Å². The third-order valence-electron chi connectivity index (χ3n) is 4.63. The van der Waals surface area contributed by atoms with Crippen LogP contribution in [0.3, 0.4) is 0 Å². The molecule has 8 heteroatoms. The van der Waals surface area contributed by atoms with Crippen molar-refractivity contribution in [1.82, 2.24) is 0 Å². The molecule has 0 saturated carbocycles. The Labute approximate surface area is 180 Å². The second-order valence-corrected chi connectivity index (χ2v) is 10.5. The number of hydrogen-bond donors (Lipinski definition) is 0. The third-order valence-corrected chi connectivity index (χ3v) is 7.27. The Morgan fingerprint density at radius 3 is 1.47 bits per heavy atom. The number of aryl methyl sites for hydroxylation is 2. The normalized spacial score (nSPS) is 12.4. The Balaban J connectivity index is 2.18. The number of unbranched alkanes of at least 4 members (excludes halogenated alkanes) is 4. The molecule has 166 valence electrons. The van der Waals surface area contributed by atoms with Crippen molar-refractivity contribution >= 4 is 20.2 Å². The first-order valence-electron chi connectivity index (χ1n) is 10.1. The van der Waals surface area contributed by atoms with Crippen molar-refractivity contribution < 1.29 is 25.2 Å². The van der Waals surface area contributed by atoms with Crippen LogP contribution < -0.4 is 0 Å². The van der Waals surface area contributed by atoms with Gasteiger partial charge in [-0.1, -0.05) is 68.0 Å². The van der Waals surface area contributed by atoms with Gasteiger partial charge in [0.15, 0.2) is 6.29 Å². The summed E-state index contributed by atoms with van der Waals surface area (Å²) in [6.07, 6.45) is 3.28. The van der Waals surface area contributed by atoms with Crippen molar-refractivity contribution in [2.24, 2.45) is 0 Å². The fourth-order valence-corrected chi connectivity index (χ4v) is 4.88. The average molecular weight is 455 g/mol. The monoisotopic (exact) mass is 454 g/mol. The fourth-order valence-electron chi connectivity index (χ4n) is 2.83. The molecular weight excluding hydrogens is 424 g/mol. The van der Waals surface area contributed by atoms with Crippen LogP contribution in [0.15, 0.2) is 58.3 Å². The van der Waals surface area contributed by atoms with Crippen LogP contribution in [0.5, 0.6) is 0 Å². The summed E-state index contributed by atoms with van der Waals surface area (Å²) >= 11 is 0. The molecule has 0 aliphatic heterocycles. The summed E-state index contributed by atoms with van der Waals surface area (Å²) in [7, 11) is -8.35. The van der Waals surface area contributed by atoms with Crippen molar-refractivity contribution in [1.29, 1.82) is 0 Å². The first kappa shape index (κ1) is 24.5. The summed E-state index contributed by atoms with van der Waals surface area (Å²) in [4.78, 5) is -0.0826. The van der Waals surface area contributed by atoms with Gasteiger partial charge in [0, 0.05) is 6.42 Å². The maximum absolute atomic E-state index is 12.7. The molecule has 0 aliphatic rings. The lowest BCUT2D eigenvalue weighted by molar-refractivity contribution is 0.00874. The van der Waals surface area contributed by atoms with Gasteiger partial charge in [-0.3, -0.25) is 0 Å². The summed E-state index contributed by atoms with van der Waals surface area (Å²) in [5.74, 6) is 0. The molecule has 0 aliphatic carbocycles. The zero-order valence-electron chi connectivity index (χ0n) is 17.7. The highest BCUT2D eigenvalue weighted by Crippen LogP contribution is 2.23. The maximum Gasteiger partial charge on any atom is 0.299 e. The summed E-state index contributed by atoms with van der Waals surface area (Å²) < 4.78 is 61.1. The molecule has 0 atom stereocenters. The second kappa shape index (κ2) is 11.0. The number of hydrogen-bond acceptors (Lipinski definition) is 6. The fraction of sp³-hybridized carbons (Fsp3) is 0.455. The van der Waals surface area contributed by atoms with Gasteiger partial charge in [-0.15, -0.1) is 0 Å². The minimum Gasteiger partial charge on any atom is -0.233 e. The summed E-state index contributed by atoms with van der Waals surface area (Å²) in [6, 6.07) is 12.3. The van der Waals surface area contributed by atoms with E-state index in [9.17, 15) is 16.8 Å². The molecule has 0 aromatic heterocycles. The average Bonchev–Trinajstić information content (AvgIpc) is 2.68. The van der Waals surface area contributed by atoms with Gasteiger partial charge < -0.3 is 0 Å². The highest BCUT2D eigenvalue weighted by molar-refractivity contribution is 7.87. The van der Waals surface area contributed by atoms with E-state index >= 15 is 0 Å². The molecule has 0 unspecified atom stereocenters. The zero-order chi connectivity index (χ0) is 22.2. The molecule has 0 fully saturated rings. The zero-order valence-corrected chi connectivity index (χ0v) is 19.3. The van der Waals surface area contributed by atoms with E-state index in [1.165, 1.54) is 24.3 Å². The minimum atomic E-state index is -4.17. The second-order valence-electron chi connectivity index (χ2n) is 7.36. The first-order chi connectivity index (χ1) is 14.1. The Kier molecular flexibility index (Phi) is 9.03. The SMILES string of the molecule is CCCCCCCC(OS(=O)(=O)c1ccc(C)cc1)OS(=O)(=O)c1ccc(C)cc1. The minimum absolute atomic E-state index is 0.0413. The van der Waals surface area contributed by atoms with E-state index in [1.54, 1.807) is 24.3 Å². The van der Waals surface area contributed by atoms with E-state index in [2.05, 4.69) is 6.92 Å². The highest BCUT2D eigenvalue weighted by atomic mass is 32.2. The van der Waals surface area contributed by atoms with E-state index in [0.29, 0.717) is 6.42 Å². The predicted octanol–water partition coefficient (Wildman–Crippen LogP) is 5.10. The molecule has 30 heavy (non-hydrogen) atoms. The largest absolute Gasteiger partial charge is 0.299 e. The molecule has 0 N–H and O–H groups in total. The van der Waals surface area contributed by atoms with Gasteiger partial charge in [0.2, 0.25) is 0 Å². The lowest BCUT2D eigenvalue weighted by Crippen LogP contribution is -2.25. The van der Waals surface area contributed by atoms with Gasteiger partial charge in [0.25, 0.3) is 20.2 Å². The van der Waals surface area contributed by atoms with Gasteiger partial charge in [-0.25, -0.2) is 8.37 Å². The molecular formula is C22H30O6S2. The van der Waals surface area contributed by atoms with Crippen LogP contribution in [0.2, 0.25) is 0 Å². The molecule has 2 aromatic rings. The van der Waals surface area contributed by atoms with E-state index in [4.69, 9.17) is 8.37 Å². The van der Waals surface area contributed by atoms with Crippen LogP contribution in [0.1, 0.15) is 56.6 Å². The van der Waals surface area contributed by atoms with Crippen molar-refractivity contribution in [3.05, 3.63) is 59.7 Å². The topological polar surface area (TPSA) is 86.7 Å². The Morgan fingerprint density at radius 2 is 1.07 bits per heavy atom. The van der Waals surface area contributed by atoms with Crippen LogP contribution in [0.25, 0.3) is 0 Å². The van der Waals surface area contributed by atoms with Crippen molar-refractivity contribution in [3.8, 4) is 0 Å². The van der Waals surface area contributed by atoms with Gasteiger partial charge in [-0.05, 0) is 44.5 Å². The molecule has 6 nitrogen and oxygen atoms in total. The Morgan fingerprint density at radius 1 is 0.667 bits per heavy atom. The van der Waals surface area contributed by atoms with Crippen LogP contribution in [-0.4, -0.2) is 23.1 Å². The molecule has 0 saturated heterocycles. The number of rotatable bonds is 12. The van der Waals surface area contributed by atoms with E-state index in [1.807, 2.05) is 13.8 Å². The van der Waals surface area contributed by atoms with Crippen molar-refractivity contribution in [3.63, 3.8) is 0 Å².